The molecule has 0 aliphatic carbocycles. The molecule has 0 saturated heterocycles. The number of rotatable bonds is 15. The van der Waals surface area contributed by atoms with Gasteiger partial charge in [0.15, 0.2) is 0 Å². The predicted octanol–water partition coefficient (Wildman–Crippen LogP) is 2.66. The zero-order chi connectivity index (χ0) is 13.3. The number of carbonyl (C=O) groups excluding carboxylic acids is 2. The summed E-state index contributed by atoms with van der Waals surface area (Å²) in [4.78, 5) is 28.0. The first-order valence-corrected chi connectivity index (χ1v) is 6.40. The Balaban J connectivity index is 2.90. The monoisotopic (exact) mass is 262 g/mol. The van der Waals surface area contributed by atoms with Crippen LogP contribution in [-0.2, 0) is 29.4 Å². The van der Waals surface area contributed by atoms with E-state index in [1.54, 1.807) is 0 Å². The van der Waals surface area contributed by atoms with Gasteiger partial charge in [-0.1, -0.05) is 38.5 Å². The van der Waals surface area contributed by atoms with Crippen molar-refractivity contribution in [3.05, 3.63) is 0 Å². The van der Waals surface area contributed by atoms with E-state index < -0.39 is 0 Å². The summed E-state index contributed by atoms with van der Waals surface area (Å²) in [5.74, 6) is 0. The molecule has 106 valence electrons. The fourth-order valence-corrected chi connectivity index (χ4v) is 1.54. The SMILES string of the molecule is O=CCCCCCCCCCCOOOOC=O. The molecule has 0 N–H and O–H groups in total. The van der Waals surface area contributed by atoms with Gasteiger partial charge < -0.3 is 4.79 Å². The standard InChI is InChI=1S/C12H22O6/c13-10-8-6-4-2-1-3-5-7-9-11-15-17-18-16-12-14/h10,12H,1-9,11H2. The lowest BCUT2D eigenvalue weighted by molar-refractivity contribution is -0.615. The fraction of sp³-hybridized carbons (Fsp3) is 0.833. The highest BCUT2D eigenvalue weighted by molar-refractivity contribution is 5.48. The molecule has 0 saturated carbocycles. The van der Waals surface area contributed by atoms with Crippen LogP contribution < -0.4 is 0 Å². The quantitative estimate of drug-likeness (QED) is 0.195. The average molecular weight is 262 g/mol. The molecule has 0 bridgehead atoms. The first kappa shape index (κ1) is 17.0. The van der Waals surface area contributed by atoms with Crippen molar-refractivity contribution in [3.8, 4) is 0 Å². The molecule has 0 aliphatic heterocycles. The van der Waals surface area contributed by atoms with Crippen LogP contribution in [0.5, 0.6) is 0 Å². The van der Waals surface area contributed by atoms with E-state index in [-0.39, 0.29) is 6.47 Å². The molecule has 0 amide bonds. The van der Waals surface area contributed by atoms with Gasteiger partial charge in [-0.05, 0) is 17.9 Å². The Morgan fingerprint density at radius 3 is 1.94 bits per heavy atom. The molecular weight excluding hydrogens is 240 g/mol. The van der Waals surface area contributed by atoms with Crippen LogP contribution in [0.4, 0.5) is 0 Å². The fourth-order valence-electron chi connectivity index (χ4n) is 1.54. The highest BCUT2D eigenvalue weighted by atomic mass is 17.7. The highest BCUT2D eigenvalue weighted by Gasteiger charge is 1.94. The summed E-state index contributed by atoms with van der Waals surface area (Å²) in [6.45, 7) is 0.500. The van der Waals surface area contributed by atoms with Crippen LogP contribution in [0.25, 0.3) is 0 Å². The van der Waals surface area contributed by atoms with Crippen LogP contribution >= 0.6 is 0 Å². The Hall–Kier alpha value is -0.980. The zero-order valence-electron chi connectivity index (χ0n) is 10.7. The topological polar surface area (TPSA) is 71.1 Å². The first-order valence-electron chi connectivity index (χ1n) is 6.40. The largest absolute Gasteiger partial charge is 0.334 e. The van der Waals surface area contributed by atoms with E-state index in [2.05, 4.69) is 19.9 Å². The van der Waals surface area contributed by atoms with Crippen molar-refractivity contribution in [2.45, 2.75) is 57.8 Å². The minimum absolute atomic E-state index is 0.0957. The number of hydrogen-bond acceptors (Lipinski definition) is 6. The molecule has 18 heavy (non-hydrogen) atoms. The molecule has 0 aromatic heterocycles. The summed E-state index contributed by atoms with van der Waals surface area (Å²) < 4.78 is 0. The summed E-state index contributed by atoms with van der Waals surface area (Å²) in [7, 11) is 0. The summed E-state index contributed by atoms with van der Waals surface area (Å²) in [6.07, 6.45) is 10.5. The van der Waals surface area contributed by atoms with Crippen molar-refractivity contribution >= 4 is 12.8 Å². The minimum Gasteiger partial charge on any atom is -0.303 e. The maximum absolute atomic E-state index is 10.1. The van der Waals surface area contributed by atoms with Gasteiger partial charge in [0.1, 0.15) is 6.29 Å². The number of unbranched alkanes of at least 4 members (excludes halogenated alkanes) is 8. The molecule has 0 aromatic rings. The Morgan fingerprint density at radius 1 is 0.722 bits per heavy atom. The van der Waals surface area contributed by atoms with Crippen molar-refractivity contribution in [1.29, 1.82) is 0 Å². The number of hydrogen-bond donors (Lipinski definition) is 0. The molecule has 0 spiro atoms. The summed E-state index contributed by atoms with van der Waals surface area (Å²) in [5, 5.41) is 7.93. The van der Waals surface area contributed by atoms with E-state index in [1.807, 2.05) is 0 Å². The van der Waals surface area contributed by atoms with Gasteiger partial charge in [-0.25, -0.2) is 4.89 Å². The summed E-state index contributed by atoms with van der Waals surface area (Å²) >= 11 is 0. The first-order chi connectivity index (χ1) is 8.91. The van der Waals surface area contributed by atoms with Gasteiger partial charge in [0, 0.05) is 11.5 Å². The molecule has 0 unspecified atom stereocenters. The molecule has 0 rings (SSSR count). The summed E-state index contributed by atoms with van der Waals surface area (Å²) in [6, 6.07) is 0. The lowest BCUT2D eigenvalue weighted by Crippen LogP contribution is -1.98. The highest BCUT2D eigenvalue weighted by Crippen LogP contribution is 2.09. The third-order valence-corrected chi connectivity index (χ3v) is 2.45. The maximum atomic E-state index is 10.1. The van der Waals surface area contributed by atoms with E-state index >= 15 is 0 Å². The smallest absolute Gasteiger partial charge is 0.303 e. The lowest BCUT2D eigenvalue weighted by Gasteiger charge is -2.01. The predicted molar refractivity (Wildman–Crippen MR) is 62.9 cm³/mol. The van der Waals surface area contributed by atoms with Gasteiger partial charge in [-0.3, -0.25) is 9.68 Å². The van der Waals surface area contributed by atoms with Crippen LogP contribution in [-0.4, -0.2) is 19.4 Å². The van der Waals surface area contributed by atoms with E-state index in [0.717, 1.165) is 38.4 Å². The Labute approximate surface area is 107 Å². The van der Waals surface area contributed by atoms with Crippen molar-refractivity contribution < 1.29 is 29.4 Å². The minimum atomic E-state index is 0.0957. The molecule has 6 heteroatoms. The molecule has 0 atom stereocenters. The van der Waals surface area contributed by atoms with Crippen LogP contribution in [0.3, 0.4) is 0 Å². The van der Waals surface area contributed by atoms with Gasteiger partial charge in [0.05, 0.1) is 6.61 Å². The molecular formula is C12H22O6. The molecule has 0 aliphatic rings. The second kappa shape index (κ2) is 16.0. The number of carbonyl (C=O) groups is 2. The van der Waals surface area contributed by atoms with Crippen molar-refractivity contribution in [2.24, 2.45) is 0 Å². The zero-order valence-corrected chi connectivity index (χ0v) is 10.7. The number of aldehydes is 1. The molecule has 0 heterocycles. The molecule has 0 radical (unpaired) electrons. The van der Waals surface area contributed by atoms with E-state index in [1.165, 1.54) is 19.3 Å². The van der Waals surface area contributed by atoms with E-state index in [4.69, 9.17) is 0 Å². The second-order valence-electron chi connectivity index (χ2n) is 3.93. The van der Waals surface area contributed by atoms with Gasteiger partial charge >= 0.3 is 6.47 Å². The molecule has 6 nitrogen and oxygen atoms in total. The average Bonchev–Trinajstić information content (AvgIpc) is 2.39. The molecule has 0 fully saturated rings. The van der Waals surface area contributed by atoms with Crippen LogP contribution in [0, 0.1) is 0 Å². The Bertz CT molecular complexity index is 165. The van der Waals surface area contributed by atoms with Gasteiger partial charge in [-0.2, -0.15) is 0 Å². The molecule has 0 aromatic carbocycles. The van der Waals surface area contributed by atoms with Gasteiger partial charge in [0.25, 0.3) is 0 Å². The van der Waals surface area contributed by atoms with Gasteiger partial charge in [-0.15, -0.1) is 0 Å². The normalized spacial score (nSPS) is 10.2. The van der Waals surface area contributed by atoms with Crippen LogP contribution in [0.1, 0.15) is 57.8 Å². The van der Waals surface area contributed by atoms with Crippen molar-refractivity contribution in [1.82, 2.24) is 0 Å². The van der Waals surface area contributed by atoms with Crippen LogP contribution in [0.2, 0.25) is 0 Å². The maximum Gasteiger partial charge on any atom is 0.334 e. The van der Waals surface area contributed by atoms with Crippen LogP contribution in [0.15, 0.2) is 0 Å². The second-order valence-corrected chi connectivity index (χ2v) is 3.93. The van der Waals surface area contributed by atoms with Crippen molar-refractivity contribution in [3.63, 3.8) is 0 Å². The third-order valence-electron chi connectivity index (χ3n) is 2.45. The van der Waals surface area contributed by atoms with E-state index in [0.29, 0.717) is 13.0 Å². The Kier molecular flexibility index (Phi) is 15.1. The van der Waals surface area contributed by atoms with E-state index in [9.17, 15) is 9.59 Å². The third kappa shape index (κ3) is 15.0. The van der Waals surface area contributed by atoms with Gasteiger partial charge in [0.2, 0.25) is 0 Å². The Morgan fingerprint density at radius 2 is 1.33 bits per heavy atom. The summed E-state index contributed by atoms with van der Waals surface area (Å²) in [5.41, 5.74) is 0. The van der Waals surface area contributed by atoms with Crippen molar-refractivity contribution in [2.75, 3.05) is 6.61 Å². The lowest BCUT2D eigenvalue weighted by atomic mass is 10.1.